The number of amides is 1. The van der Waals surface area contributed by atoms with Crippen LogP contribution in [0, 0.1) is 5.92 Å². The maximum atomic E-state index is 11.8. The molecule has 0 radical (unpaired) electrons. The van der Waals surface area contributed by atoms with Crippen LogP contribution >= 0.6 is 0 Å². The molecule has 18 heavy (non-hydrogen) atoms. The fraction of sp³-hybridized carbons (Fsp3) is 0.769. The van der Waals surface area contributed by atoms with E-state index in [0.717, 1.165) is 45.7 Å². The first-order valence-electron chi connectivity index (χ1n) is 6.77. The van der Waals surface area contributed by atoms with E-state index in [-0.39, 0.29) is 17.9 Å². The van der Waals surface area contributed by atoms with Gasteiger partial charge < -0.3 is 16.0 Å². The molecule has 1 amide bonds. The van der Waals surface area contributed by atoms with E-state index in [9.17, 15) is 4.79 Å². The van der Waals surface area contributed by atoms with E-state index < -0.39 is 0 Å². The number of rotatable bonds is 4. The van der Waals surface area contributed by atoms with Crippen LogP contribution in [-0.2, 0) is 4.79 Å². The maximum absolute atomic E-state index is 11.8. The first-order valence-corrected chi connectivity index (χ1v) is 6.77. The summed E-state index contributed by atoms with van der Waals surface area (Å²) in [6, 6.07) is 0.0541. The zero-order valence-corrected chi connectivity index (χ0v) is 11.1. The highest BCUT2D eigenvalue weighted by molar-refractivity contribution is 5.81. The Labute approximate surface area is 109 Å². The van der Waals surface area contributed by atoms with Gasteiger partial charge in [-0.2, -0.15) is 0 Å². The number of nitrogens with zero attached hydrogens (tertiary/aromatic N) is 2. The van der Waals surface area contributed by atoms with Crippen molar-refractivity contribution in [3.05, 3.63) is 12.2 Å². The number of nitrogens with one attached hydrogen (secondary N) is 1. The van der Waals surface area contributed by atoms with Gasteiger partial charge in [0, 0.05) is 45.3 Å². The van der Waals surface area contributed by atoms with Gasteiger partial charge in [-0.25, -0.2) is 0 Å². The number of likely N-dealkylation sites (N-methyl/N-ethyl adjacent to an activating group) is 1. The Bertz CT molecular complexity index is 310. The summed E-state index contributed by atoms with van der Waals surface area (Å²) in [4.78, 5) is 16.6. The van der Waals surface area contributed by atoms with Crippen LogP contribution in [0.15, 0.2) is 12.2 Å². The summed E-state index contributed by atoms with van der Waals surface area (Å²) in [7, 11) is 2.15. The molecule has 0 aromatic carbocycles. The lowest BCUT2D eigenvalue weighted by Gasteiger charge is -2.32. The molecule has 0 aromatic heterocycles. The molecule has 2 unspecified atom stereocenters. The number of carbonyl (C=O) groups is 1. The van der Waals surface area contributed by atoms with Crippen molar-refractivity contribution < 1.29 is 4.79 Å². The Morgan fingerprint density at radius 1 is 1.33 bits per heavy atom. The van der Waals surface area contributed by atoms with E-state index in [1.807, 2.05) is 12.2 Å². The van der Waals surface area contributed by atoms with Crippen molar-refractivity contribution in [2.75, 3.05) is 46.3 Å². The van der Waals surface area contributed by atoms with E-state index in [4.69, 9.17) is 5.73 Å². The fourth-order valence-electron chi connectivity index (χ4n) is 2.46. The van der Waals surface area contributed by atoms with Crippen LogP contribution in [0.1, 0.15) is 6.42 Å². The van der Waals surface area contributed by atoms with Crippen LogP contribution in [0.5, 0.6) is 0 Å². The van der Waals surface area contributed by atoms with Crippen molar-refractivity contribution >= 4 is 5.91 Å². The molecule has 1 heterocycles. The Morgan fingerprint density at radius 2 is 2.06 bits per heavy atom. The second-order valence-corrected chi connectivity index (χ2v) is 5.33. The summed E-state index contributed by atoms with van der Waals surface area (Å²) in [6.45, 7) is 6.12. The van der Waals surface area contributed by atoms with Gasteiger partial charge in [-0.15, -0.1) is 0 Å². The molecule has 1 aliphatic heterocycles. The lowest BCUT2D eigenvalue weighted by molar-refractivity contribution is -0.123. The second-order valence-electron chi connectivity index (χ2n) is 5.33. The molecule has 2 atom stereocenters. The molecule has 0 saturated carbocycles. The number of hydrogen-bond donors (Lipinski definition) is 2. The Balaban J connectivity index is 1.60. The van der Waals surface area contributed by atoms with Gasteiger partial charge in [0.25, 0.3) is 0 Å². The van der Waals surface area contributed by atoms with E-state index in [2.05, 4.69) is 22.2 Å². The number of carbonyl (C=O) groups excluding carboxylic acids is 1. The van der Waals surface area contributed by atoms with Crippen molar-refractivity contribution in [1.82, 2.24) is 15.1 Å². The molecule has 2 rings (SSSR count). The van der Waals surface area contributed by atoms with Gasteiger partial charge in [0.05, 0.1) is 5.92 Å². The lowest BCUT2D eigenvalue weighted by atomic mass is 10.1. The standard InChI is InChI=1S/C13H24N4O/c1-16-6-8-17(9-7-16)5-4-15-13(18)11-2-3-12(14)10-11/h2-3,11-12H,4-10,14H2,1H3,(H,15,18). The van der Waals surface area contributed by atoms with Crippen molar-refractivity contribution in [3.63, 3.8) is 0 Å². The Hall–Kier alpha value is -0.910. The first kappa shape index (κ1) is 13.5. The summed E-state index contributed by atoms with van der Waals surface area (Å²) >= 11 is 0. The van der Waals surface area contributed by atoms with Gasteiger partial charge in [0.1, 0.15) is 0 Å². The molecular formula is C13H24N4O. The minimum atomic E-state index is -0.0208. The third kappa shape index (κ3) is 3.80. The van der Waals surface area contributed by atoms with Gasteiger partial charge in [0.2, 0.25) is 5.91 Å². The number of piperazine rings is 1. The maximum Gasteiger partial charge on any atom is 0.227 e. The zero-order valence-electron chi connectivity index (χ0n) is 11.1. The molecule has 0 spiro atoms. The average molecular weight is 252 g/mol. The van der Waals surface area contributed by atoms with Gasteiger partial charge in [-0.05, 0) is 13.5 Å². The summed E-state index contributed by atoms with van der Waals surface area (Å²) in [5.74, 6) is 0.0980. The molecule has 1 aliphatic carbocycles. The molecule has 102 valence electrons. The van der Waals surface area contributed by atoms with Crippen molar-refractivity contribution in [2.24, 2.45) is 11.7 Å². The van der Waals surface area contributed by atoms with Gasteiger partial charge >= 0.3 is 0 Å². The molecule has 5 heteroatoms. The minimum Gasteiger partial charge on any atom is -0.354 e. The number of nitrogens with two attached hydrogens (primary N) is 1. The molecule has 1 saturated heterocycles. The van der Waals surface area contributed by atoms with Crippen LogP contribution in [-0.4, -0.2) is 68.1 Å². The van der Waals surface area contributed by atoms with Gasteiger partial charge in [-0.3, -0.25) is 9.69 Å². The predicted octanol–water partition coefficient (Wildman–Crippen LogP) is -0.747. The van der Waals surface area contributed by atoms with Crippen molar-refractivity contribution in [3.8, 4) is 0 Å². The van der Waals surface area contributed by atoms with E-state index >= 15 is 0 Å². The van der Waals surface area contributed by atoms with Crippen LogP contribution in [0.2, 0.25) is 0 Å². The molecule has 0 aromatic rings. The smallest absolute Gasteiger partial charge is 0.227 e. The van der Waals surface area contributed by atoms with E-state index in [1.165, 1.54) is 0 Å². The van der Waals surface area contributed by atoms with Gasteiger partial charge in [-0.1, -0.05) is 12.2 Å². The molecule has 1 fully saturated rings. The SMILES string of the molecule is CN1CCN(CCNC(=O)C2C=CC(N)C2)CC1. The third-order valence-electron chi connectivity index (χ3n) is 3.78. The second kappa shape index (κ2) is 6.31. The van der Waals surface area contributed by atoms with Crippen LogP contribution in [0.25, 0.3) is 0 Å². The zero-order chi connectivity index (χ0) is 13.0. The summed E-state index contributed by atoms with van der Waals surface area (Å²) in [5.41, 5.74) is 5.74. The highest BCUT2D eigenvalue weighted by Gasteiger charge is 2.22. The fourth-order valence-corrected chi connectivity index (χ4v) is 2.46. The van der Waals surface area contributed by atoms with Crippen LogP contribution < -0.4 is 11.1 Å². The lowest BCUT2D eigenvalue weighted by Crippen LogP contribution is -2.47. The van der Waals surface area contributed by atoms with Crippen LogP contribution in [0.3, 0.4) is 0 Å². The average Bonchev–Trinajstić information content (AvgIpc) is 2.78. The van der Waals surface area contributed by atoms with Crippen molar-refractivity contribution in [1.29, 1.82) is 0 Å². The topological polar surface area (TPSA) is 61.6 Å². The predicted molar refractivity (Wildman–Crippen MR) is 72.2 cm³/mol. The van der Waals surface area contributed by atoms with Crippen molar-refractivity contribution in [2.45, 2.75) is 12.5 Å². The third-order valence-corrected chi connectivity index (χ3v) is 3.78. The minimum absolute atomic E-state index is 0.0208. The normalized spacial score (nSPS) is 29.7. The quantitative estimate of drug-likeness (QED) is 0.647. The number of hydrogen-bond acceptors (Lipinski definition) is 4. The Morgan fingerprint density at radius 3 is 2.67 bits per heavy atom. The van der Waals surface area contributed by atoms with E-state index in [1.54, 1.807) is 0 Å². The first-order chi connectivity index (χ1) is 8.65. The summed E-state index contributed by atoms with van der Waals surface area (Å²) in [6.07, 6.45) is 4.60. The monoisotopic (exact) mass is 252 g/mol. The summed E-state index contributed by atoms with van der Waals surface area (Å²) < 4.78 is 0. The molecule has 2 aliphatic rings. The van der Waals surface area contributed by atoms with E-state index in [0.29, 0.717) is 0 Å². The largest absolute Gasteiger partial charge is 0.354 e. The van der Waals surface area contributed by atoms with Gasteiger partial charge in [0.15, 0.2) is 0 Å². The van der Waals surface area contributed by atoms with Crippen LogP contribution in [0.4, 0.5) is 0 Å². The highest BCUT2D eigenvalue weighted by Crippen LogP contribution is 2.15. The molecule has 3 N–H and O–H groups in total. The molecular weight excluding hydrogens is 228 g/mol. The summed E-state index contributed by atoms with van der Waals surface area (Å²) in [5, 5.41) is 3.00. The molecule has 5 nitrogen and oxygen atoms in total. The molecule has 0 bridgehead atoms. The Kier molecular flexibility index (Phi) is 4.74. The highest BCUT2D eigenvalue weighted by atomic mass is 16.1.